The van der Waals surface area contributed by atoms with Gasteiger partial charge in [0.25, 0.3) is 0 Å². The average molecular weight is 683 g/mol. The van der Waals surface area contributed by atoms with Crippen molar-refractivity contribution in [3.63, 3.8) is 0 Å². The number of thiazole rings is 1. The molecule has 2 N–H and O–H groups in total. The molecule has 3 aliphatic carbocycles. The van der Waals surface area contributed by atoms with Gasteiger partial charge in [-0.25, -0.2) is 4.98 Å². The molecule has 4 unspecified atom stereocenters. The van der Waals surface area contributed by atoms with E-state index >= 15 is 0 Å². The Hall–Kier alpha value is -2.83. The summed E-state index contributed by atoms with van der Waals surface area (Å²) in [6.07, 6.45) is 5.95. The number of nitrogens with zero attached hydrogens (tertiary/aromatic N) is 1. The molecular weight excluding hydrogens is 632 g/mol. The van der Waals surface area contributed by atoms with E-state index in [-0.39, 0.29) is 72.5 Å². The summed E-state index contributed by atoms with van der Waals surface area (Å²) in [6.45, 7) is 4.30. The second-order valence-electron chi connectivity index (χ2n) is 13.8. The Balaban J connectivity index is 1.38. The molecule has 1 saturated carbocycles. The van der Waals surface area contributed by atoms with E-state index in [2.05, 4.69) is 18.3 Å². The number of fused-ring (bicyclic) bond motifs is 8. The molecule has 2 heterocycles. The van der Waals surface area contributed by atoms with E-state index in [0.717, 1.165) is 59.1 Å². The number of hydrogen-bond donors (Lipinski definition) is 2. The van der Waals surface area contributed by atoms with Gasteiger partial charge in [0, 0.05) is 42.8 Å². The number of ether oxygens (including phenoxy) is 5. The zero-order valence-electron chi connectivity index (χ0n) is 28.7. The smallest absolute Gasteiger partial charge is 0.306 e. The van der Waals surface area contributed by atoms with Crippen LogP contribution in [-0.4, -0.2) is 74.4 Å². The number of anilines is 2. The first-order chi connectivity index (χ1) is 23.3. The van der Waals surface area contributed by atoms with E-state index in [0.29, 0.717) is 18.6 Å². The van der Waals surface area contributed by atoms with Crippen molar-refractivity contribution in [1.82, 2.24) is 4.98 Å². The minimum Gasteiger partial charge on any atom is -0.495 e. The fourth-order valence-electron chi connectivity index (χ4n) is 8.50. The number of allylic oxidation sites excluding steroid dienone is 2. The first-order valence-corrected chi connectivity index (χ1v) is 18.3. The molecule has 48 heavy (non-hydrogen) atoms. The summed E-state index contributed by atoms with van der Waals surface area (Å²) < 4.78 is 28.5. The molecule has 1 saturated heterocycles. The zero-order chi connectivity index (χ0) is 33.9. The highest BCUT2D eigenvalue weighted by atomic mass is 32.1. The molecule has 1 aromatic carbocycles. The number of rotatable bonds is 10. The number of hydrogen-bond acceptors (Lipinski definition) is 11. The number of aliphatic hydroxyl groups is 1. The first-order valence-electron chi connectivity index (χ1n) is 17.5. The van der Waals surface area contributed by atoms with Crippen molar-refractivity contribution in [3.05, 3.63) is 46.5 Å². The van der Waals surface area contributed by atoms with Crippen LogP contribution in [0, 0.1) is 23.7 Å². The second kappa shape index (κ2) is 15.4. The van der Waals surface area contributed by atoms with Gasteiger partial charge < -0.3 is 34.1 Å². The van der Waals surface area contributed by atoms with Gasteiger partial charge in [-0.1, -0.05) is 38.5 Å². The number of aliphatic hydroxyl groups excluding tert-OH is 1. The molecule has 0 spiro atoms. The standard InChI is InChI=1S/C37H50N2O8S/c1-6-21-12-8-7-11-20(2)34(41)26-17-24-23-15-22(47-36(42)30(45-5)19-43-3)16-27(23)35-33(32(24)25(26)18-31(40)46-21)39-37(48-35)38-28-13-9-10-14-29(28)44-4/h9-10,13-14,17,20-25,27,30,32,36,42H,6-8,11-12,15-16,18-19H2,1-5H3,(H,38,39)/t20-,21+,22+,23+,24?,25-,27?,30+,32?,36?/m1/s1. The Morgan fingerprint density at radius 1 is 1.10 bits per heavy atom. The minimum absolute atomic E-state index is 0.00250. The maximum Gasteiger partial charge on any atom is 0.306 e. The molecule has 0 radical (unpaired) electrons. The number of para-hydroxylation sites is 2. The van der Waals surface area contributed by atoms with Crippen LogP contribution in [0.4, 0.5) is 10.8 Å². The Labute approximate surface area is 287 Å². The predicted octanol–water partition coefficient (Wildman–Crippen LogP) is 6.51. The maximum absolute atomic E-state index is 14.2. The highest BCUT2D eigenvalue weighted by Crippen LogP contribution is 2.63. The summed E-state index contributed by atoms with van der Waals surface area (Å²) in [6, 6.07) is 7.74. The molecule has 0 bridgehead atoms. The van der Waals surface area contributed by atoms with Crippen LogP contribution in [0.3, 0.4) is 0 Å². The Bertz CT molecular complexity index is 1480. The number of ketones is 1. The van der Waals surface area contributed by atoms with Crippen LogP contribution in [0.25, 0.3) is 0 Å². The van der Waals surface area contributed by atoms with Gasteiger partial charge in [-0.05, 0) is 68.1 Å². The summed E-state index contributed by atoms with van der Waals surface area (Å²) in [5, 5.41) is 15.2. The summed E-state index contributed by atoms with van der Waals surface area (Å²) in [5.41, 5.74) is 2.52. The van der Waals surface area contributed by atoms with Crippen molar-refractivity contribution in [1.29, 1.82) is 0 Å². The van der Waals surface area contributed by atoms with Crippen LogP contribution in [0.1, 0.15) is 87.6 Å². The maximum atomic E-state index is 14.2. The average Bonchev–Trinajstić information content (AvgIpc) is 3.79. The molecule has 10 nitrogen and oxygen atoms in total. The summed E-state index contributed by atoms with van der Waals surface area (Å²) in [4.78, 5) is 34.1. The SMILES string of the molecule is CC[C@H]1CCCC[C@@H](C)C(=O)C2=CC3C(c4nc(Nc5ccccc5OC)sc4C4C[C@@H](OC(O)[C@H](COC)OC)C[C@H]43)[C@@H]2CC(=O)O1. The lowest BCUT2D eigenvalue weighted by Crippen LogP contribution is -2.36. The fourth-order valence-corrected chi connectivity index (χ4v) is 9.72. The Kier molecular flexibility index (Phi) is 11.2. The van der Waals surface area contributed by atoms with E-state index in [1.54, 1.807) is 25.6 Å². The molecule has 2 fully saturated rings. The van der Waals surface area contributed by atoms with E-state index in [4.69, 9.17) is 28.7 Å². The van der Waals surface area contributed by atoms with Gasteiger partial charge >= 0.3 is 5.97 Å². The van der Waals surface area contributed by atoms with Gasteiger partial charge in [0.1, 0.15) is 18.0 Å². The lowest BCUT2D eigenvalue weighted by Gasteiger charge is -2.37. The third-order valence-electron chi connectivity index (χ3n) is 10.9. The molecule has 11 heteroatoms. The van der Waals surface area contributed by atoms with Crippen LogP contribution in [0.2, 0.25) is 0 Å². The van der Waals surface area contributed by atoms with Gasteiger partial charge in [0.2, 0.25) is 0 Å². The summed E-state index contributed by atoms with van der Waals surface area (Å²) >= 11 is 1.62. The van der Waals surface area contributed by atoms with Crippen molar-refractivity contribution in [2.45, 2.75) is 102 Å². The number of esters is 1. The highest BCUT2D eigenvalue weighted by molar-refractivity contribution is 7.15. The fraction of sp³-hybridized carbons (Fsp3) is 0.649. The highest BCUT2D eigenvalue weighted by Gasteiger charge is 2.56. The predicted molar refractivity (Wildman–Crippen MR) is 183 cm³/mol. The third kappa shape index (κ3) is 7.07. The summed E-state index contributed by atoms with van der Waals surface area (Å²) in [5.74, 6) is 0.301. The number of carbonyl (C=O) groups is 2. The molecule has 10 atom stereocenters. The van der Waals surface area contributed by atoms with Crippen molar-refractivity contribution in [2.75, 3.05) is 33.3 Å². The quantitative estimate of drug-likeness (QED) is 0.212. The van der Waals surface area contributed by atoms with Crippen molar-refractivity contribution in [3.8, 4) is 5.75 Å². The van der Waals surface area contributed by atoms with Crippen LogP contribution in [-0.2, 0) is 28.5 Å². The van der Waals surface area contributed by atoms with Crippen molar-refractivity contribution < 1.29 is 38.4 Å². The summed E-state index contributed by atoms with van der Waals surface area (Å²) in [7, 11) is 4.75. The lowest BCUT2D eigenvalue weighted by molar-refractivity contribution is -0.204. The van der Waals surface area contributed by atoms with Crippen LogP contribution in [0.5, 0.6) is 5.75 Å². The number of Topliss-reactive ketones (excluding diaryl/α,β-unsaturated/α-hetero) is 1. The number of benzene rings is 1. The number of cyclic esters (lactones) is 1. The first kappa shape index (κ1) is 35.0. The zero-order valence-corrected chi connectivity index (χ0v) is 29.5. The molecule has 1 aliphatic heterocycles. The van der Waals surface area contributed by atoms with Gasteiger partial charge in [-0.2, -0.15) is 0 Å². The number of nitrogens with one attached hydrogen (secondary N) is 1. The normalized spacial score (nSPS) is 31.6. The number of aromatic nitrogens is 1. The molecule has 1 aromatic heterocycles. The third-order valence-corrected chi connectivity index (χ3v) is 12.1. The van der Waals surface area contributed by atoms with Gasteiger partial charge in [0.15, 0.2) is 17.2 Å². The van der Waals surface area contributed by atoms with Crippen LogP contribution < -0.4 is 10.1 Å². The largest absolute Gasteiger partial charge is 0.495 e. The van der Waals surface area contributed by atoms with Gasteiger partial charge in [0.05, 0.1) is 37.6 Å². The number of carbonyl (C=O) groups excluding carboxylic acids is 2. The molecular formula is C37H50N2O8S. The second-order valence-corrected chi connectivity index (χ2v) is 14.8. The van der Waals surface area contributed by atoms with Crippen LogP contribution in [0.15, 0.2) is 35.9 Å². The van der Waals surface area contributed by atoms with E-state index < -0.39 is 12.4 Å². The molecule has 0 amide bonds. The lowest BCUT2D eigenvalue weighted by atomic mass is 9.67. The van der Waals surface area contributed by atoms with E-state index in [1.807, 2.05) is 31.2 Å². The monoisotopic (exact) mass is 682 g/mol. The minimum atomic E-state index is -1.14. The van der Waals surface area contributed by atoms with Crippen molar-refractivity contribution in [2.24, 2.45) is 23.7 Å². The van der Waals surface area contributed by atoms with E-state index in [1.165, 1.54) is 7.11 Å². The number of methoxy groups -OCH3 is 3. The molecule has 262 valence electrons. The topological polar surface area (TPSA) is 125 Å². The van der Waals surface area contributed by atoms with Crippen molar-refractivity contribution >= 4 is 33.9 Å². The Morgan fingerprint density at radius 3 is 2.65 bits per heavy atom. The Morgan fingerprint density at radius 2 is 1.90 bits per heavy atom. The van der Waals surface area contributed by atoms with E-state index in [9.17, 15) is 14.7 Å². The van der Waals surface area contributed by atoms with Crippen LogP contribution >= 0.6 is 11.3 Å². The molecule has 2 aromatic rings. The van der Waals surface area contributed by atoms with Gasteiger partial charge in [-0.3, -0.25) is 9.59 Å². The van der Waals surface area contributed by atoms with Gasteiger partial charge in [-0.15, -0.1) is 11.3 Å². The molecule has 6 rings (SSSR count). The molecule has 4 aliphatic rings.